The van der Waals surface area contributed by atoms with Gasteiger partial charge in [0.2, 0.25) is 0 Å². The minimum absolute atomic E-state index is 0.131. The van der Waals surface area contributed by atoms with Gasteiger partial charge in [0.25, 0.3) is 0 Å². The van der Waals surface area contributed by atoms with Crippen LogP contribution in [0.4, 0.5) is 0 Å². The second-order valence-electron chi connectivity index (χ2n) is 6.67. The Morgan fingerprint density at radius 1 is 1.14 bits per heavy atom. The van der Waals surface area contributed by atoms with E-state index in [1.807, 2.05) is 72.4 Å². The second-order valence-corrected chi connectivity index (χ2v) is 6.67. The number of nitriles is 1. The molecular weight excluding hydrogens is 350 g/mol. The average Bonchev–Trinajstić information content (AvgIpc) is 3.33. The van der Waals surface area contributed by atoms with Crippen LogP contribution in [0.3, 0.4) is 0 Å². The van der Waals surface area contributed by atoms with Gasteiger partial charge in [-0.05, 0) is 36.2 Å². The van der Waals surface area contributed by atoms with Crippen molar-refractivity contribution in [2.45, 2.75) is 18.8 Å². The quantitative estimate of drug-likeness (QED) is 0.521. The first-order chi connectivity index (χ1) is 13.7. The van der Waals surface area contributed by atoms with Gasteiger partial charge >= 0.3 is 0 Å². The first-order valence-electron chi connectivity index (χ1n) is 9.10. The number of imidazole rings is 1. The molecule has 6 heteroatoms. The summed E-state index contributed by atoms with van der Waals surface area (Å²) in [4.78, 5) is 17.3. The van der Waals surface area contributed by atoms with Gasteiger partial charge in [0, 0.05) is 19.7 Å². The van der Waals surface area contributed by atoms with E-state index >= 15 is 0 Å². The monoisotopic (exact) mass is 369 g/mol. The summed E-state index contributed by atoms with van der Waals surface area (Å²) >= 11 is 0. The summed E-state index contributed by atoms with van der Waals surface area (Å²) in [6, 6.07) is 19.6. The lowest BCUT2D eigenvalue weighted by Crippen LogP contribution is -2.15. The lowest BCUT2D eigenvalue weighted by Gasteiger charge is -2.08. The second kappa shape index (κ2) is 7.49. The molecule has 6 nitrogen and oxygen atoms in total. The molecule has 28 heavy (non-hydrogen) atoms. The van der Waals surface area contributed by atoms with Crippen LogP contribution in [0.5, 0.6) is 0 Å². The van der Waals surface area contributed by atoms with Crippen molar-refractivity contribution in [3.8, 4) is 11.8 Å². The number of carbonyl (C=O) groups is 1. The highest BCUT2D eigenvalue weighted by Crippen LogP contribution is 2.23. The number of aryl methyl sites for hydroxylation is 2. The SMILES string of the molecule is Cn1c(C(C#N)C(=O)CCc2cnn(-c3ccccc3)c2)nc2ccccc21. The first-order valence-corrected chi connectivity index (χ1v) is 9.10. The minimum atomic E-state index is -0.874. The lowest BCUT2D eigenvalue weighted by atomic mass is 9.99. The number of hydrogen-bond acceptors (Lipinski definition) is 4. The Morgan fingerprint density at radius 3 is 2.64 bits per heavy atom. The molecule has 1 atom stereocenters. The average molecular weight is 369 g/mol. The minimum Gasteiger partial charge on any atom is -0.330 e. The number of aromatic nitrogens is 4. The van der Waals surface area contributed by atoms with Crippen LogP contribution in [0.25, 0.3) is 16.7 Å². The Balaban J connectivity index is 1.49. The molecule has 0 saturated heterocycles. The number of Topliss-reactive ketones (excluding diaryl/α,β-unsaturated/α-hetero) is 1. The highest BCUT2D eigenvalue weighted by atomic mass is 16.1. The molecule has 4 aromatic rings. The van der Waals surface area contributed by atoms with Crippen LogP contribution in [0.2, 0.25) is 0 Å². The predicted molar refractivity (Wildman–Crippen MR) is 106 cm³/mol. The first kappa shape index (κ1) is 17.7. The Morgan fingerprint density at radius 2 is 1.89 bits per heavy atom. The molecule has 0 N–H and O–H groups in total. The molecule has 0 bridgehead atoms. The summed E-state index contributed by atoms with van der Waals surface area (Å²) in [5.74, 6) is -0.511. The number of rotatable bonds is 6. The van der Waals surface area contributed by atoms with E-state index in [2.05, 4.69) is 16.2 Å². The van der Waals surface area contributed by atoms with Crippen molar-refractivity contribution in [3.05, 3.63) is 78.4 Å². The van der Waals surface area contributed by atoms with Crippen LogP contribution in [-0.4, -0.2) is 25.1 Å². The van der Waals surface area contributed by atoms with E-state index in [9.17, 15) is 10.1 Å². The van der Waals surface area contributed by atoms with Crippen molar-refractivity contribution >= 4 is 16.8 Å². The molecule has 4 rings (SSSR count). The highest BCUT2D eigenvalue weighted by molar-refractivity contribution is 5.89. The summed E-state index contributed by atoms with van der Waals surface area (Å²) in [5.41, 5.74) is 3.63. The Labute approximate surface area is 162 Å². The zero-order valence-electron chi connectivity index (χ0n) is 15.5. The summed E-state index contributed by atoms with van der Waals surface area (Å²) in [5, 5.41) is 14.0. The Bertz CT molecular complexity index is 1170. The van der Waals surface area contributed by atoms with Gasteiger partial charge in [0.05, 0.1) is 29.0 Å². The van der Waals surface area contributed by atoms with Crippen molar-refractivity contribution in [2.24, 2.45) is 7.05 Å². The zero-order valence-corrected chi connectivity index (χ0v) is 15.5. The van der Waals surface area contributed by atoms with E-state index < -0.39 is 5.92 Å². The topological polar surface area (TPSA) is 76.5 Å². The maximum absolute atomic E-state index is 12.8. The van der Waals surface area contributed by atoms with Crippen LogP contribution in [0.1, 0.15) is 23.7 Å². The Hall–Kier alpha value is -3.72. The molecule has 0 aliphatic heterocycles. The maximum atomic E-state index is 12.8. The molecule has 2 aromatic heterocycles. The van der Waals surface area contributed by atoms with Gasteiger partial charge in [0.15, 0.2) is 11.7 Å². The largest absolute Gasteiger partial charge is 0.330 e. The van der Waals surface area contributed by atoms with Gasteiger partial charge in [0.1, 0.15) is 5.82 Å². The van der Waals surface area contributed by atoms with E-state index in [0.717, 1.165) is 22.3 Å². The molecule has 138 valence electrons. The number of para-hydroxylation sites is 3. The van der Waals surface area contributed by atoms with E-state index in [1.165, 1.54) is 0 Å². The molecule has 0 amide bonds. The fraction of sp³-hybridized carbons (Fsp3) is 0.182. The van der Waals surface area contributed by atoms with Crippen molar-refractivity contribution in [1.82, 2.24) is 19.3 Å². The number of ketones is 1. The number of benzene rings is 2. The summed E-state index contributed by atoms with van der Waals surface area (Å²) in [6.07, 6.45) is 4.48. The van der Waals surface area contributed by atoms with Gasteiger partial charge < -0.3 is 4.57 Å². The number of fused-ring (bicyclic) bond motifs is 1. The van der Waals surface area contributed by atoms with Crippen LogP contribution in [-0.2, 0) is 18.3 Å². The van der Waals surface area contributed by atoms with Crippen LogP contribution >= 0.6 is 0 Å². The molecular formula is C22H19N5O. The van der Waals surface area contributed by atoms with E-state index in [1.54, 1.807) is 10.9 Å². The van der Waals surface area contributed by atoms with Crippen molar-refractivity contribution < 1.29 is 4.79 Å². The molecule has 2 heterocycles. The molecule has 1 unspecified atom stereocenters. The fourth-order valence-corrected chi connectivity index (χ4v) is 3.32. The maximum Gasteiger partial charge on any atom is 0.162 e. The zero-order chi connectivity index (χ0) is 19.5. The number of nitrogens with zero attached hydrogens (tertiary/aromatic N) is 5. The Kier molecular flexibility index (Phi) is 4.73. The van der Waals surface area contributed by atoms with E-state index in [-0.39, 0.29) is 12.2 Å². The third-order valence-electron chi connectivity index (χ3n) is 4.85. The third kappa shape index (κ3) is 3.30. The molecule has 0 fully saturated rings. The fourth-order valence-electron chi connectivity index (χ4n) is 3.32. The van der Waals surface area contributed by atoms with Gasteiger partial charge in [-0.2, -0.15) is 10.4 Å². The number of hydrogen-bond donors (Lipinski definition) is 0. The van der Waals surface area contributed by atoms with Crippen LogP contribution in [0, 0.1) is 11.3 Å². The van der Waals surface area contributed by atoms with Crippen LogP contribution < -0.4 is 0 Å². The predicted octanol–water partition coefficient (Wildman–Crippen LogP) is 3.57. The number of carbonyl (C=O) groups excluding carboxylic acids is 1. The lowest BCUT2D eigenvalue weighted by molar-refractivity contribution is -0.119. The standard InChI is InChI=1S/C22H19N5O/c1-26-20-10-6-5-9-19(20)25-22(26)18(13-23)21(28)12-11-16-14-24-27(15-16)17-7-3-2-4-8-17/h2-10,14-15,18H,11-12H2,1H3. The molecule has 0 spiro atoms. The van der Waals surface area contributed by atoms with E-state index in [4.69, 9.17) is 0 Å². The summed E-state index contributed by atoms with van der Waals surface area (Å²) in [6.45, 7) is 0. The summed E-state index contributed by atoms with van der Waals surface area (Å²) in [7, 11) is 1.84. The highest BCUT2D eigenvalue weighted by Gasteiger charge is 2.25. The van der Waals surface area contributed by atoms with Crippen molar-refractivity contribution in [2.75, 3.05) is 0 Å². The smallest absolute Gasteiger partial charge is 0.162 e. The molecule has 0 saturated carbocycles. The van der Waals surface area contributed by atoms with Gasteiger partial charge in [-0.3, -0.25) is 4.79 Å². The summed E-state index contributed by atoms with van der Waals surface area (Å²) < 4.78 is 3.61. The van der Waals surface area contributed by atoms with Gasteiger partial charge in [-0.25, -0.2) is 9.67 Å². The molecule has 0 aliphatic rings. The van der Waals surface area contributed by atoms with Crippen molar-refractivity contribution in [1.29, 1.82) is 5.26 Å². The third-order valence-corrected chi connectivity index (χ3v) is 4.85. The molecule has 0 aliphatic carbocycles. The van der Waals surface area contributed by atoms with Crippen LogP contribution in [0.15, 0.2) is 67.0 Å². The van der Waals surface area contributed by atoms with Gasteiger partial charge in [-0.1, -0.05) is 30.3 Å². The van der Waals surface area contributed by atoms with Crippen molar-refractivity contribution in [3.63, 3.8) is 0 Å². The molecule has 2 aromatic carbocycles. The molecule has 0 radical (unpaired) electrons. The van der Waals surface area contributed by atoms with Gasteiger partial charge in [-0.15, -0.1) is 0 Å². The van der Waals surface area contributed by atoms with E-state index in [0.29, 0.717) is 12.2 Å². The normalized spacial score (nSPS) is 12.0.